The van der Waals surface area contributed by atoms with Crippen molar-refractivity contribution in [1.29, 1.82) is 0 Å². The standard InChI is InChI=1S/C11H14FNOS/c12-10-1-2-11(15)9(7-10)8-13-3-5-14-6-4-13/h1-2,7,15H,3-6,8H2. The van der Waals surface area contributed by atoms with E-state index in [1.807, 2.05) is 0 Å². The zero-order chi connectivity index (χ0) is 10.7. The first-order valence-corrected chi connectivity index (χ1v) is 5.48. The largest absolute Gasteiger partial charge is 0.379 e. The van der Waals surface area contributed by atoms with Crippen molar-refractivity contribution < 1.29 is 9.13 Å². The van der Waals surface area contributed by atoms with Crippen molar-refractivity contribution in [2.75, 3.05) is 26.3 Å². The summed E-state index contributed by atoms with van der Waals surface area (Å²) >= 11 is 4.32. The Bertz CT molecular complexity index is 339. The van der Waals surface area contributed by atoms with Crippen molar-refractivity contribution in [3.8, 4) is 0 Å². The van der Waals surface area contributed by atoms with Crippen LogP contribution in [0.1, 0.15) is 5.56 Å². The third kappa shape index (κ3) is 2.93. The molecule has 1 aromatic carbocycles. The fourth-order valence-corrected chi connectivity index (χ4v) is 1.89. The molecule has 1 aromatic rings. The number of thiol groups is 1. The molecule has 1 aliphatic rings. The second-order valence-electron chi connectivity index (χ2n) is 3.66. The molecule has 15 heavy (non-hydrogen) atoms. The van der Waals surface area contributed by atoms with E-state index in [1.165, 1.54) is 6.07 Å². The zero-order valence-corrected chi connectivity index (χ0v) is 9.34. The molecule has 0 aromatic heterocycles. The fourth-order valence-electron chi connectivity index (χ4n) is 1.68. The summed E-state index contributed by atoms with van der Waals surface area (Å²) in [6.45, 7) is 4.09. The van der Waals surface area contributed by atoms with E-state index < -0.39 is 0 Å². The smallest absolute Gasteiger partial charge is 0.123 e. The summed E-state index contributed by atoms with van der Waals surface area (Å²) in [7, 11) is 0. The maximum Gasteiger partial charge on any atom is 0.123 e. The Morgan fingerprint density at radius 2 is 2.07 bits per heavy atom. The molecule has 0 unspecified atom stereocenters. The first-order chi connectivity index (χ1) is 7.25. The van der Waals surface area contributed by atoms with Crippen molar-refractivity contribution in [3.63, 3.8) is 0 Å². The van der Waals surface area contributed by atoms with Gasteiger partial charge in [-0.15, -0.1) is 12.6 Å². The quantitative estimate of drug-likeness (QED) is 0.775. The van der Waals surface area contributed by atoms with Crippen LogP contribution in [0.5, 0.6) is 0 Å². The SMILES string of the molecule is Fc1ccc(S)c(CN2CCOCC2)c1. The topological polar surface area (TPSA) is 12.5 Å². The van der Waals surface area contributed by atoms with Crippen LogP contribution in [0.2, 0.25) is 0 Å². The monoisotopic (exact) mass is 227 g/mol. The van der Waals surface area contributed by atoms with E-state index in [9.17, 15) is 4.39 Å². The first kappa shape index (κ1) is 10.9. The first-order valence-electron chi connectivity index (χ1n) is 5.03. The third-order valence-electron chi connectivity index (χ3n) is 2.54. The van der Waals surface area contributed by atoms with Crippen LogP contribution in [0.25, 0.3) is 0 Å². The van der Waals surface area contributed by atoms with Gasteiger partial charge in [-0.2, -0.15) is 0 Å². The Morgan fingerprint density at radius 1 is 1.33 bits per heavy atom. The van der Waals surface area contributed by atoms with Crippen LogP contribution in [0.15, 0.2) is 23.1 Å². The van der Waals surface area contributed by atoms with E-state index in [4.69, 9.17) is 4.74 Å². The Hall–Kier alpha value is -0.580. The van der Waals surface area contributed by atoms with Gasteiger partial charge in [-0.1, -0.05) is 0 Å². The number of hydrogen-bond donors (Lipinski definition) is 1. The van der Waals surface area contributed by atoms with Crippen molar-refractivity contribution >= 4 is 12.6 Å². The molecule has 0 saturated carbocycles. The Labute approximate surface area is 94.4 Å². The predicted octanol–water partition coefficient (Wildman–Crippen LogP) is 1.95. The Morgan fingerprint density at radius 3 is 2.80 bits per heavy atom. The number of ether oxygens (including phenoxy) is 1. The lowest BCUT2D eigenvalue weighted by atomic mass is 10.2. The third-order valence-corrected chi connectivity index (χ3v) is 2.98. The summed E-state index contributed by atoms with van der Waals surface area (Å²) in [6, 6.07) is 4.69. The Kier molecular flexibility index (Phi) is 3.61. The highest BCUT2D eigenvalue weighted by molar-refractivity contribution is 7.80. The van der Waals surface area contributed by atoms with Crippen LogP contribution >= 0.6 is 12.6 Å². The summed E-state index contributed by atoms with van der Waals surface area (Å²) in [6.07, 6.45) is 0. The molecule has 2 rings (SSSR count). The Balaban J connectivity index is 2.05. The molecule has 1 fully saturated rings. The average molecular weight is 227 g/mol. The normalized spacial score (nSPS) is 18.0. The van der Waals surface area contributed by atoms with Gasteiger partial charge in [-0.3, -0.25) is 4.90 Å². The van der Waals surface area contributed by atoms with E-state index in [2.05, 4.69) is 17.5 Å². The van der Waals surface area contributed by atoms with Crippen molar-refractivity contribution in [2.45, 2.75) is 11.4 Å². The van der Waals surface area contributed by atoms with Gasteiger partial charge in [-0.25, -0.2) is 4.39 Å². The molecule has 0 radical (unpaired) electrons. The molecule has 0 bridgehead atoms. The number of hydrogen-bond acceptors (Lipinski definition) is 3. The van der Waals surface area contributed by atoms with Gasteiger partial charge in [0, 0.05) is 24.5 Å². The van der Waals surface area contributed by atoms with Crippen molar-refractivity contribution in [1.82, 2.24) is 4.90 Å². The molecule has 1 saturated heterocycles. The summed E-state index contributed by atoms with van der Waals surface area (Å²) in [5.74, 6) is -0.198. The van der Waals surface area contributed by atoms with E-state index >= 15 is 0 Å². The summed E-state index contributed by atoms with van der Waals surface area (Å²) in [5, 5.41) is 0. The lowest BCUT2D eigenvalue weighted by molar-refractivity contribution is 0.0338. The minimum absolute atomic E-state index is 0.198. The van der Waals surface area contributed by atoms with Gasteiger partial charge in [0.1, 0.15) is 5.82 Å². The summed E-state index contributed by atoms with van der Waals surface area (Å²) in [4.78, 5) is 3.10. The molecule has 82 valence electrons. The second kappa shape index (κ2) is 4.96. The second-order valence-corrected chi connectivity index (χ2v) is 4.14. The van der Waals surface area contributed by atoms with Gasteiger partial charge in [0.2, 0.25) is 0 Å². The lowest BCUT2D eigenvalue weighted by Gasteiger charge is -2.27. The number of nitrogens with zero attached hydrogens (tertiary/aromatic N) is 1. The molecule has 0 atom stereocenters. The minimum Gasteiger partial charge on any atom is -0.379 e. The highest BCUT2D eigenvalue weighted by Gasteiger charge is 2.12. The average Bonchev–Trinajstić information content (AvgIpc) is 2.25. The molecular weight excluding hydrogens is 213 g/mol. The van der Waals surface area contributed by atoms with Crippen LogP contribution in [-0.4, -0.2) is 31.2 Å². The van der Waals surface area contributed by atoms with Gasteiger partial charge in [0.05, 0.1) is 13.2 Å². The van der Waals surface area contributed by atoms with E-state index in [0.29, 0.717) is 0 Å². The molecule has 0 spiro atoms. The molecule has 1 heterocycles. The number of morpholine rings is 1. The van der Waals surface area contributed by atoms with E-state index in [0.717, 1.165) is 43.3 Å². The molecule has 0 aliphatic carbocycles. The molecule has 2 nitrogen and oxygen atoms in total. The minimum atomic E-state index is -0.198. The number of benzene rings is 1. The van der Waals surface area contributed by atoms with Crippen molar-refractivity contribution in [2.24, 2.45) is 0 Å². The molecular formula is C11H14FNOS. The van der Waals surface area contributed by atoms with Crippen LogP contribution in [0.4, 0.5) is 4.39 Å². The van der Waals surface area contributed by atoms with Gasteiger partial charge in [0.25, 0.3) is 0 Å². The van der Waals surface area contributed by atoms with Crippen LogP contribution in [0.3, 0.4) is 0 Å². The summed E-state index contributed by atoms with van der Waals surface area (Å²) in [5.41, 5.74) is 0.945. The van der Waals surface area contributed by atoms with Crippen LogP contribution < -0.4 is 0 Å². The molecule has 0 N–H and O–H groups in total. The maximum atomic E-state index is 13.0. The fraction of sp³-hybridized carbons (Fsp3) is 0.455. The molecule has 1 aliphatic heterocycles. The van der Waals surface area contributed by atoms with Gasteiger partial charge < -0.3 is 4.74 Å². The maximum absolute atomic E-state index is 13.0. The van der Waals surface area contributed by atoms with Crippen LogP contribution in [-0.2, 0) is 11.3 Å². The lowest BCUT2D eigenvalue weighted by Crippen LogP contribution is -2.35. The number of rotatable bonds is 2. The molecule has 0 amide bonds. The van der Waals surface area contributed by atoms with Gasteiger partial charge >= 0.3 is 0 Å². The van der Waals surface area contributed by atoms with E-state index in [-0.39, 0.29) is 5.82 Å². The van der Waals surface area contributed by atoms with Gasteiger partial charge in [-0.05, 0) is 23.8 Å². The summed E-state index contributed by atoms with van der Waals surface area (Å²) < 4.78 is 18.3. The van der Waals surface area contributed by atoms with E-state index in [1.54, 1.807) is 12.1 Å². The highest BCUT2D eigenvalue weighted by Crippen LogP contribution is 2.17. The number of halogens is 1. The predicted molar refractivity (Wildman–Crippen MR) is 59.7 cm³/mol. The van der Waals surface area contributed by atoms with Crippen LogP contribution in [0, 0.1) is 5.82 Å². The van der Waals surface area contributed by atoms with Crippen molar-refractivity contribution in [3.05, 3.63) is 29.6 Å². The van der Waals surface area contributed by atoms with Gasteiger partial charge in [0.15, 0.2) is 0 Å². The zero-order valence-electron chi connectivity index (χ0n) is 8.45. The highest BCUT2D eigenvalue weighted by atomic mass is 32.1. The molecule has 4 heteroatoms.